The lowest BCUT2D eigenvalue weighted by molar-refractivity contribution is 0.104. The summed E-state index contributed by atoms with van der Waals surface area (Å²) < 4.78 is 20.7. The van der Waals surface area contributed by atoms with Gasteiger partial charge in [0, 0.05) is 17.7 Å². The summed E-state index contributed by atoms with van der Waals surface area (Å²) in [6.07, 6.45) is 2.96. The van der Waals surface area contributed by atoms with Crippen LogP contribution in [0.2, 0.25) is 0 Å². The van der Waals surface area contributed by atoms with Gasteiger partial charge in [-0.05, 0) is 30.4 Å². The Morgan fingerprint density at radius 2 is 1.52 bits per heavy atom. The van der Waals surface area contributed by atoms with Crippen LogP contribution in [0.1, 0.15) is 15.9 Å². The van der Waals surface area contributed by atoms with E-state index in [4.69, 9.17) is 18.9 Å². The van der Waals surface area contributed by atoms with E-state index in [1.165, 1.54) is 39.5 Å². The first-order valence-corrected chi connectivity index (χ1v) is 7.43. The number of methoxy groups -OCH3 is 4. The summed E-state index contributed by atoms with van der Waals surface area (Å²) in [6, 6.07) is 8.04. The molecule has 0 aliphatic heterocycles. The molecule has 2 rings (SSSR count). The van der Waals surface area contributed by atoms with Crippen molar-refractivity contribution in [1.29, 1.82) is 0 Å². The van der Waals surface area contributed by atoms with Gasteiger partial charge in [0.05, 0.1) is 34.0 Å². The highest BCUT2D eigenvalue weighted by atomic mass is 16.5. The second-order valence-electron chi connectivity index (χ2n) is 5.03. The lowest BCUT2D eigenvalue weighted by atomic mass is 10.1. The molecule has 0 atom stereocenters. The zero-order chi connectivity index (χ0) is 18.4. The molecule has 0 aliphatic carbocycles. The predicted octanol–water partition coefficient (Wildman–Crippen LogP) is 3.32. The average molecular weight is 344 g/mol. The molecule has 6 heteroatoms. The minimum absolute atomic E-state index is 0.112. The molecule has 2 aromatic carbocycles. The van der Waals surface area contributed by atoms with Gasteiger partial charge in [-0.2, -0.15) is 0 Å². The van der Waals surface area contributed by atoms with Crippen LogP contribution in [0.3, 0.4) is 0 Å². The highest BCUT2D eigenvalue weighted by Gasteiger charge is 2.15. The highest BCUT2D eigenvalue weighted by Crippen LogP contribution is 2.34. The van der Waals surface area contributed by atoms with E-state index in [9.17, 15) is 9.90 Å². The fourth-order valence-electron chi connectivity index (χ4n) is 2.28. The molecule has 0 aliphatic rings. The molecule has 0 saturated heterocycles. The molecule has 1 N–H and O–H groups in total. The van der Waals surface area contributed by atoms with E-state index in [0.717, 1.165) is 0 Å². The van der Waals surface area contributed by atoms with Crippen molar-refractivity contribution in [2.45, 2.75) is 0 Å². The maximum atomic E-state index is 12.4. The van der Waals surface area contributed by atoms with Crippen LogP contribution in [0.4, 0.5) is 0 Å². The second kappa shape index (κ2) is 8.10. The fraction of sp³-hybridized carbons (Fsp3) is 0.211. The Morgan fingerprint density at radius 3 is 2.12 bits per heavy atom. The number of carbonyl (C=O) groups excluding carboxylic acids is 1. The van der Waals surface area contributed by atoms with Crippen molar-refractivity contribution in [2.24, 2.45) is 0 Å². The van der Waals surface area contributed by atoms with Gasteiger partial charge in [0.15, 0.2) is 17.3 Å². The van der Waals surface area contributed by atoms with Crippen molar-refractivity contribution in [1.82, 2.24) is 0 Å². The Morgan fingerprint density at radius 1 is 0.880 bits per heavy atom. The van der Waals surface area contributed by atoms with Crippen molar-refractivity contribution >= 4 is 11.9 Å². The average Bonchev–Trinajstić information content (AvgIpc) is 2.65. The van der Waals surface area contributed by atoms with Crippen molar-refractivity contribution in [2.75, 3.05) is 28.4 Å². The van der Waals surface area contributed by atoms with Crippen LogP contribution in [0.5, 0.6) is 28.7 Å². The predicted molar refractivity (Wildman–Crippen MR) is 94.1 cm³/mol. The van der Waals surface area contributed by atoms with Gasteiger partial charge in [-0.15, -0.1) is 0 Å². The normalized spacial score (nSPS) is 10.6. The van der Waals surface area contributed by atoms with E-state index in [-0.39, 0.29) is 17.1 Å². The second-order valence-corrected chi connectivity index (χ2v) is 5.03. The van der Waals surface area contributed by atoms with Crippen LogP contribution in [-0.4, -0.2) is 39.3 Å². The van der Waals surface area contributed by atoms with E-state index in [2.05, 4.69) is 0 Å². The summed E-state index contributed by atoms with van der Waals surface area (Å²) in [5, 5.41) is 10.0. The number of ether oxygens (including phenoxy) is 4. The third kappa shape index (κ3) is 4.03. The molecular formula is C19H20O6. The van der Waals surface area contributed by atoms with Gasteiger partial charge in [-0.1, -0.05) is 0 Å². The standard InChI is InChI=1S/C19H20O6/c1-22-13-7-5-12(17(9-13)23-2)6-8-15(20)14-10-18(24-3)19(25-4)11-16(14)21/h5-11,21H,1-4H3/b8-6+. The Balaban J connectivity index is 2.32. The number of phenols is 1. The SMILES string of the molecule is COc1ccc(/C=C/C(=O)c2cc(OC)c(OC)cc2O)c(OC)c1. The summed E-state index contributed by atoms with van der Waals surface area (Å²) in [5.41, 5.74) is 0.818. The molecule has 0 amide bonds. The summed E-state index contributed by atoms with van der Waals surface area (Å²) >= 11 is 0. The Labute approximate surface area is 146 Å². The fourth-order valence-corrected chi connectivity index (χ4v) is 2.28. The lowest BCUT2D eigenvalue weighted by Gasteiger charge is -2.10. The summed E-state index contributed by atoms with van der Waals surface area (Å²) in [7, 11) is 6.01. The molecule has 6 nitrogen and oxygen atoms in total. The minimum Gasteiger partial charge on any atom is -0.507 e. The monoisotopic (exact) mass is 344 g/mol. The van der Waals surface area contributed by atoms with Crippen LogP contribution in [0.25, 0.3) is 6.08 Å². The maximum Gasteiger partial charge on any atom is 0.189 e. The molecule has 25 heavy (non-hydrogen) atoms. The summed E-state index contributed by atoms with van der Waals surface area (Å²) in [5.74, 6) is 1.36. The molecule has 0 heterocycles. The zero-order valence-corrected chi connectivity index (χ0v) is 14.5. The van der Waals surface area contributed by atoms with Crippen LogP contribution in [0.15, 0.2) is 36.4 Å². The number of hydrogen-bond donors (Lipinski definition) is 1. The quantitative estimate of drug-likeness (QED) is 0.613. The van der Waals surface area contributed by atoms with Crippen molar-refractivity contribution < 1.29 is 28.8 Å². The van der Waals surface area contributed by atoms with E-state index >= 15 is 0 Å². The molecule has 2 aromatic rings. The maximum absolute atomic E-state index is 12.4. The largest absolute Gasteiger partial charge is 0.507 e. The summed E-state index contributed by atoms with van der Waals surface area (Å²) in [6.45, 7) is 0. The molecule has 0 radical (unpaired) electrons. The van der Waals surface area contributed by atoms with Crippen LogP contribution in [-0.2, 0) is 0 Å². The number of rotatable bonds is 7. The summed E-state index contributed by atoms with van der Waals surface area (Å²) in [4.78, 5) is 12.4. The highest BCUT2D eigenvalue weighted by molar-refractivity contribution is 6.09. The number of carbonyl (C=O) groups is 1. The number of aromatic hydroxyl groups is 1. The van der Waals surface area contributed by atoms with E-state index < -0.39 is 0 Å². The van der Waals surface area contributed by atoms with E-state index in [1.807, 2.05) is 0 Å². The van der Waals surface area contributed by atoms with Crippen LogP contribution in [0, 0.1) is 0 Å². The number of ketones is 1. The van der Waals surface area contributed by atoms with Crippen molar-refractivity contribution in [3.8, 4) is 28.7 Å². The third-order valence-corrected chi connectivity index (χ3v) is 3.62. The first-order chi connectivity index (χ1) is 12.0. The Bertz CT molecular complexity index is 795. The van der Waals surface area contributed by atoms with E-state index in [0.29, 0.717) is 28.6 Å². The zero-order valence-electron chi connectivity index (χ0n) is 14.5. The van der Waals surface area contributed by atoms with Crippen LogP contribution < -0.4 is 18.9 Å². The lowest BCUT2D eigenvalue weighted by Crippen LogP contribution is -1.98. The molecule has 0 saturated carbocycles. The van der Waals surface area contributed by atoms with Gasteiger partial charge >= 0.3 is 0 Å². The van der Waals surface area contributed by atoms with Crippen molar-refractivity contribution in [3.05, 3.63) is 47.5 Å². The van der Waals surface area contributed by atoms with Crippen molar-refractivity contribution in [3.63, 3.8) is 0 Å². The van der Waals surface area contributed by atoms with Gasteiger partial charge in [0.25, 0.3) is 0 Å². The Hall–Kier alpha value is -3.15. The first-order valence-electron chi connectivity index (χ1n) is 7.43. The smallest absolute Gasteiger partial charge is 0.189 e. The van der Waals surface area contributed by atoms with Crippen LogP contribution >= 0.6 is 0 Å². The van der Waals surface area contributed by atoms with E-state index in [1.54, 1.807) is 31.4 Å². The first kappa shape index (κ1) is 18.2. The van der Waals surface area contributed by atoms with Gasteiger partial charge in [0.1, 0.15) is 17.2 Å². The molecule has 0 fully saturated rings. The van der Waals surface area contributed by atoms with Gasteiger partial charge in [-0.3, -0.25) is 4.79 Å². The molecule has 0 spiro atoms. The van der Waals surface area contributed by atoms with Gasteiger partial charge in [-0.25, -0.2) is 0 Å². The van der Waals surface area contributed by atoms with Gasteiger partial charge < -0.3 is 24.1 Å². The molecule has 132 valence electrons. The number of allylic oxidation sites excluding steroid dienone is 1. The van der Waals surface area contributed by atoms with Gasteiger partial charge in [0.2, 0.25) is 0 Å². The molecular weight excluding hydrogens is 324 g/mol. The number of hydrogen-bond acceptors (Lipinski definition) is 6. The third-order valence-electron chi connectivity index (χ3n) is 3.62. The topological polar surface area (TPSA) is 74.2 Å². The Kier molecular flexibility index (Phi) is 5.89. The number of benzene rings is 2. The number of phenolic OH excluding ortho intramolecular Hbond substituents is 1. The molecule has 0 aromatic heterocycles. The molecule has 0 unspecified atom stereocenters. The molecule has 0 bridgehead atoms. The minimum atomic E-state index is -0.378.